The summed E-state index contributed by atoms with van der Waals surface area (Å²) in [5.74, 6) is 0.294. The minimum Gasteiger partial charge on any atom is -0.484 e. The number of alkyl halides is 3. The topological polar surface area (TPSA) is 21.3 Å². The fraction of sp³-hybridized carbons (Fsp3) is 0.571. The molecule has 114 valence electrons. The molecule has 6 heteroatoms. The lowest BCUT2D eigenvalue weighted by Gasteiger charge is -2.23. The average molecular weight is 354 g/mol. The van der Waals surface area contributed by atoms with E-state index in [0.29, 0.717) is 23.4 Å². The van der Waals surface area contributed by atoms with Crippen LogP contribution in [0.25, 0.3) is 0 Å². The highest BCUT2D eigenvalue weighted by atomic mass is 79.9. The van der Waals surface area contributed by atoms with Crippen LogP contribution in [0.3, 0.4) is 0 Å². The van der Waals surface area contributed by atoms with Gasteiger partial charge in [-0.15, -0.1) is 0 Å². The van der Waals surface area contributed by atoms with Crippen LogP contribution in [0.5, 0.6) is 5.75 Å². The Labute approximate surface area is 125 Å². The molecule has 2 nitrogen and oxygen atoms in total. The molecule has 0 saturated heterocycles. The number of nitrogens with one attached hydrogen (secondary N) is 1. The lowest BCUT2D eigenvalue weighted by atomic mass is 10.1. The maximum atomic E-state index is 12.3. The van der Waals surface area contributed by atoms with Crippen LogP contribution in [0, 0.1) is 6.92 Å². The molecule has 0 unspecified atom stereocenters. The molecule has 0 radical (unpaired) electrons. The molecule has 0 aromatic heterocycles. The Bertz CT molecular complexity index is 467. The molecule has 1 rings (SSSR count). The zero-order valence-electron chi connectivity index (χ0n) is 12.0. The first-order valence-electron chi connectivity index (χ1n) is 6.21. The minimum absolute atomic E-state index is 0.127. The van der Waals surface area contributed by atoms with E-state index in [1.165, 1.54) is 0 Å². The number of hydrogen-bond donors (Lipinski definition) is 1. The van der Waals surface area contributed by atoms with E-state index in [9.17, 15) is 13.2 Å². The van der Waals surface area contributed by atoms with Gasteiger partial charge in [-0.2, -0.15) is 13.2 Å². The second kappa shape index (κ2) is 6.35. The van der Waals surface area contributed by atoms with Crippen LogP contribution in [0.2, 0.25) is 0 Å². The van der Waals surface area contributed by atoms with E-state index in [2.05, 4.69) is 21.2 Å². The molecule has 0 spiro atoms. The normalized spacial score (nSPS) is 12.6. The van der Waals surface area contributed by atoms with Crippen molar-refractivity contribution in [2.24, 2.45) is 0 Å². The van der Waals surface area contributed by atoms with Gasteiger partial charge in [0.05, 0.1) is 0 Å². The van der Waals surface area contributed by atoms with Crippen LogP contribution < -0.4 is 10.1 Å². The first kappa shape index (κ1) is 17.3. The maximum absolute atomic E-state index is 12.3. The van der Waals surface area contributed by atoms with Crippen LogP contribution in [0.4, 0.5) is 13.2 Å². The summed E-state index contributed by atoms with van der Waals surface area (Å²) in [5.41, 5.74) is 1.25. The number of benzene rings is 1. The SMILES string of the molecule is Cc1cc(Br)cc(CNC(C)(C)C)c1OCC(F)(F)F. The molecule has 1 aromatic carbocycles. The Hall–Kier alpha value is -0.750. The third kappa shape index (κ3) is 6.13. The van der Waals surface area contributed by atoms with E-state index in [-0.39, 0.29) is 5.54 Å². The van der Waals surface area contributed by atoms with Crippen molar-refractivity contribution in [3.63, 3.8) is 0 Å². The van der Waals surface area contributed by atoms with Gasteiger partial charge in [-0.05, 0) is 45.4 Å². The van der Waals surface area contributed by atoms with Crippen molar-refractivity contribution in [2.45, 2.75) is 46.0 Å². The minimum atomic E-state index is -4.34. The van der Waals surface area contributed by atoms with Crippen molar-refractivity contribution >= 4 is 15.9 Å². The number of aryl methyl sites for hydroxylation is 1. The molecule has 0 saturated carbocycles. The molecular weight excluding hydrogens is 335 g/mol. The molecule has 0 aliphatic heterocycles. The van der Waals surface area contributed by atoms with Crippen molar-refractivity contribution in [3.8, 4) is 5.75 Å². The predicted molar refractivity (Wildman–Crippen MR) is 77.0 cm³/mol. The van der Waals surface area contributed by atoms with Crippen molar-refractivity contribution in [3.05, 3.63) is 27.7 Å². The van der Waals surface area contributed by atoms with Crippen molar-refractivity contribution in [2.75, 3.05) is 6.61 Å². The van der Waals surface area contributed by atoms with E-state index in [1.807, 2.05) is 20.8 Å². The zero-order valence-corrected chi connectivity index (χ0v) is 13.6. The quantitative estimate of drug-likeness (QED) is 0.854. The van der Waals surface area contributed by atoms with Gasteiger partial charge in [-0.1, -0.05) is 15.9 Å². The Kier molecular flexibility index (Phi) is 5.49. The van der Waals surface area contributed by atoms with E-state index in [1.54, 1.807) is 19.1 Å². The van der Waals surface area contributed by atoms with Crippen LogP contribution in [0.1, 0.15) is 31.9 Å². The smallest absolute Gasteiger partial charge is 0.422 e. The molecule has 0 atom stereocenters. The monoisotopic (exact) mass is 353 g/mol. The fourth-order valence-corrected chi connectivity index (χ4v) is 2.27. The molecule has 20 heavy (non-hydrogen) atoms. The number of halogens is 4. The number of hydrogen-bond acceptors (Lipinski definition) is 2. The van der Waals surface area contributed by atoms with Gasteiger partial charge in [-0.25, -0.2) is 0 Å². The lowest BCUT2D eigenvalue weighted by molar-refractivity contribution is -0.153. The second-order valence-electron chi connectivity index (χ2n) is 5.72. The van der Waals surface area contributed by atoms with Gasteiger partial charge in [0.25, 0.3) is 0 Å². The van der Waals surface area contributed by atoms with E-state index >= 15 is 0 Å². The summed E-state index contributed by atoms with van der Waals surface area (Å²) in [7, 11) is 0. The Morgan fingerprint density at radius 1 is 1.20 bits per heavy atom. The van der Waals surface area contributed by atoms with Crippen LogP contribution in [-0.2, 0) is 6.54 Å². The molecule has 0 bridgehead atoms. The largest absolute Gasteiger partial charge is 0.484 e. The summed E-state index contributed by atoms with van der Waals surface area (Å²) < 4.78 is 42.7. The molecule has 0 heterocycles. The van der Waals surface area contributed by atoms with Crippen LogP contribution in [-0.4, -0.2) is 18.3 Å². The van der Waals surface area contributed by atoms with E-state index in [4.69, 9.17) is 4.74 Å². The molecule has 0 aliphatic rings. The molecule has 0 amide bonds. The molecule has 0 fully saturated rings. The lowest BCUT2D eigenvalue weighted by Crippen LogP contribution is -2.35. The summed E-state index contributed by atoms with van der Waals surface area (Å²) >= 11 is 3.35. The zero-order chi connectivity index (χ0) is 15.6. The first-order valence-corrected chi connectivity index (χ1v) is 7.01. The number of rotatable bonds is 4. The van der Waals surface area contributed by atoms with E-state index in [0.717, 1.165) is 4.47 Å². The van der Waals surface area contributed by atoms with Gasteiger partial charge in [0.15, 0.2) is 6.61 Å². The molecule has 0 aliphatic carbocycles. The van der Waals surface area contributed by atoms with Crippen LogP contribution >= 0.6 is 15.9 Å². The molecule has 1 N–H and O–H groups in total. The number of ether oxygens (including phenoxy) is 1. The standard InChI is InChI=1S/C14H19BrF3NO/c1-9-5-11(15)6-10(7-19-13(2,3)4)12(9)20-8-14(16,17)18/h5-6,19H,7-8H2,1-4H3. The molecule has 1 aromatic rings. The molecular formula is C14H19BrF3NO. The highest BCUT2D eigenvalue weighted by Crippen LogP contribution is 2.30. The predicted octanol–water partition coefficient (Wildman–Crippen LogP) is 4.59. The summed E-state index contributed by atoms with van der Waals surface area (Å²) in [6.45, 7) is 6.88. The summed E-state index contributed by atoms with van der Waals surface area (Å²) in [5, 5.41) is 3.25. The third-order valence-electron chi connectivity index (χ3n) is 2.51. The Morgan fingerprint density at radius 2 is 1.80 bits per heavy atom. The highest BCUT2D eigenvalue weighted by molar-refractivity contribution is 9.10. The summed E-state index contributed by atoms with van der Waals surface area (Å²) in [6, 6.07) is 3.52. The Balaban J connectivity index is 2.96. The first-order chi connectivity index (χ1) is 8.98. The van der Waals surface area contributed by atoms with Gasteiger partial charge >= 0.3 is 6.18 Å². The summed E-state index contributed by atoms with van der Waals surface area (Å²) in [4.78, 5) is 0. The highest BCUT2D eigenvalue weighted by Gasteiger charge is 2.29. The van der Waals surface area contributed by atoms with E-state index < -0.39 is 12.8 Å². The van der Waals surface area contributed by atoms with Gasteiger partial charge in [-0.3, -0.25) is 0 Å². The van der Waals surface area contributed by atoms with Crippen LogP contribution in [0.15, 0.2) is 16.6 Å². The Morgan fingerprint density at radius 3 is 2.30 bits per heavy atom. The van der Waals surface area contributed by atoms with Crippen molar-refractivity contribution in [1.82, 2.24) is 5.32 Å². The second-order valence-corrected chi connectivity index (χ2v) is 6.63. The van der Waals surface area contributed by atoms with Gasteiger partial charge in [0, 0.05) is 22.1 Å². The average Bonchev–Trinajstić information content (AvgIpc) is 2.22. The van der Waals surface area contributed by atoms with Gasteiger partial charge < -0.3 is 10.1 Å². The fourth-order valence-electron chi connectivity index (χ4n) is 1.65. The van der Waals surface area contributed by atoms with Crippen molar-refractivity contribution in [1.29, 1.82) is 0 Å². The third-order valence-corrected chi connectivity index (χ3v) is 2.96. The summed E-state index contributed by atoms with van der Waals surface area (Å²) in [6.07, 6.45) is -4.34. The van der Waals surface area contributed by atoms with Gasteiger partial charge in [0.2, 0.25) is 0 Å². The maximum Gasteiger partial charge on any atom is 0.422 e. The van der Waals surface area contributed by atoms with Gasteiger partial charge in [0.1, 0.15) is 5.75 Å². The van der Waals surface area contributed by atoms with Crippen molar-refractivity contribution < 1.29 is 17.9 Å².